The van der Waals surface area contributed by atoms with Crippen LogP contribution in [0.1, 0.15) is 6.42 Å². The van der Waals surface area contributed by atoms with Crippen molar-refractivity contribution in [2.45, 2.75) is 13.0 Å². The highest BCUT2D eigenvalue weighted by Gasteiger charge is 2.14. The van der Waals surface area contributed by atoms with Crippen LogP contribution in [0.3, 0.4) is 0 Å². The molecule has 0 saturated carbocycles. The van der Waals surface area contributed by atoms with Gasteiger partial charge in [0.25, 0.3) is 5.95 Å². The number of aliphatic hydroxyl groups excluding tert-OH is 2. The Morgan fingerprint density at radius 3 is 2.88 bits per heavy atom. The monoisotopic (exact) mass is 238 g/mol. The first-order valence-corrected chi connectivity index (χ1v) is 5.45. The summed E-state index contributed by atoms with van der Waals surface area (Å²) in [5, 5.41) is 18.0. The molecule has 7 nitrogen and oxygen atoms in total. The number of aliphatic hydroxyl groups is 2. The summed E-state index contributed by atoms with van der Waals surface area (Å²) in [7, 11) is 0. The minimum atomic E-state index is -0.105. The molecule has 0 spiro atoms. The molecule has 0 fully saturated rings. The highest BCUT2D eigenvalue weighted by atomic mass is 16.3. The van der Waals surface area contributed by atoms with Gasteiger partial charge in [-0.2, -0.15) is 0 Å². The Morgan fingerprint density at radius 1 is 1.41 bits per heavy atom. The van der Waals surface area contributed by atoms with Gasteiger partial charge >= 0.3 is 5.65 Å². The molecule has 0 atom stereocenters. The molecule has 2 heterocycles. The minimum Gasteiger partial charge on any atom is -0.396 e. The highest BCUT2D eigenvalue weighted by molar-refractivity contribution is 5.65. The number of hydrogen-bond donors (Lipinski definition) is 4. The number of H-pyrrole nitrogens is 1. The fourth-order valence-corrected chi connectivity index (χ4v) is 1.65. The molecular formula is C10H16N5O2+. The number of rotatable bonds is 5. The van der Waals surface area contributed by atoms with E-state index in [1.165, 1.54) is 0 Å². The maximum Gasteiger partial charge on any atom is 0.307 e. The van der Waals surface area contributed by atoms with Crippen molar-refractivity contribution in [1.29, 1.82) is 0 Å². The van der Waals surface area contributed by atoms with Crippen LogP contribution in [0, 0.1) is 5.92 Å². The smallest absolute Gasteiger partial charge is 0.307 e. The summed E-state index contributed by atoms with van der Waals surface area (Å²) in [6.07, 6.45) is 4.09. The van der Waals surface area contributed by atoms with Crippen molar-refractivity contribution in [1.82, 2.24) is 15.0 Å². The molecule has 5 N–H and O–H groups in total. The summed E-state index contributed by atoms with van der Waals surface area (Å²) >= 11 is 0. The minimum absolute atomic E-state index is 0.0173. The standard InChI is InChI=1S/C10H15N5O2/c11-10-12-3-8-9(14-10)15(6-13-8)2-1-7(4-16)5-17/h3,6-7,16-17H,1-2,4-5H2,(H2,11,12,14)/p+1. The van der Waals surface area contributed by atoms with Gasteiger partial charge < -0.3 is 15.9 Å². The number of aryl methyl sites for hydroxylation is 1. The van der Waals surface area contributed by atoms with E-state index < -0.39 is 0 Å². The van der Waals surface area contributed by atoms with E-state index in [4.69, 9.17) is 15.9 Å². The van der Waals surface area contributed by atoms with Crippen molar-refractivity contribution in [2.24, 2.45) is 5.92 Å². The third-order valence-electron chi connectivity index (χ3n) is 2.73. The summed E-state index contributed by atoms with van der Waals surface area (Å²) in [5.74, 6) is 0.123. The Kier molecular flexibility index (Phi) is 3.50. The largest absolute Gasteiger partial charge is 0.396 e. The predicted molar refractivity (Wildman–Crippen MR) is 60.8 cm³/mol. The third-order valence-corrected chi connectivity index (χ3v) is 2.73. The molecule has 0 aromatic carbocycles. The molecule has 2 rings (SSSR count). The fraction of sp³-hybridized carbons (Fsp3) is 0.500. The molecule has 0 bridgehead atoms. The molecule has 0 amide bonds. The molecule has 0 aliphatic heterocycles. The quantitative estimate of drug-likeness (QED) is 0.490. The van der Waals surface area contributed by atoms with Crippen LogP contribution in [-0.2, 0) is 6.54 Å². The number of nitrogens with one attached hydrogen (secondary N) is 1. The maximum absolute atomic E-state index is 8.99. The van der Waals surface area contributed by atoms with Gasteiger partial charge in [0, 0.05) is 19.1 Å². The molecule has 2 aromatic heterocycles. The molecule has 0 radical (unpaired) electrons. The van der Waals surface area contributed by atoms with Crippen LogP contribution in [0.2, 0.25) is 0 Å². The van der Waals surface area contributed by atoms with E-state index in [0.717, 1.165) is 11.2 Å². The summed E-state index contributed by atoms with van der Waals surface area (Å²) in [6.45, 7) is 0.620. The summed E-state index contributed by atoms with van der Waals surface area (Å²) < 4.78 is 1.89. The zero-order valence-corrected chi connectivity index (χ0v) is 9.37. The van der Waals surface area contributed by atoms with Crippen molar-refractivity contribution in [3.05, 3.63) is 12.5 Å². The van der Waals surface area contributed by atoms with E-state index in [1.54, 1.807) is 12.5 Å². The van der Waals surface area contributed by atoms with E-state index in [-0.39, 0.29) is 25.1 Å². The Bertz CT molecular complexity index is 494. The lowest BCUT2D eigenvalue weighted by atomic mass is 10.1. The van der Waals surface area contributed by atoms with Crippen LogP contribution >= 0.6 is 0 Å². The van der Waals surface area contributed by atoms with Crippen molar-refractivity contribution in [2.75, 3.05) is 18.9 Å². The normalized spacial score (nSPS) is 11.5. The second kappa shape index (κ2) is 5.07. The number of aromatic amines is 1. The Balaban J connectivity index is 2.16. The van der Waals surface area contributed by atoms with Crippen molar-refractivity contribution < 1.29 is 14.8 Å². The van der Waals surface area contributed by atoms with Crippen molar-refractivity contribution in [3.8, 4) is 0 Å². The Morgan fingerprint density at radius 2 is 2.18 bits per heavy atom. The van der Waals surface area contributed by atoms with Gasteiger partial charge in [0.05, 0.1) is 12.7 Å². The van der Waals surface area contributed by atoms with Crippen LogP contribution in [0.25, 0.3) is 11.2 Å². The summed E-state index contributed by atoms with van der Waals surface area (Å²) in [6, 6.07) is 0. The van der Waals surface area contributed by atoms with Gasteiger partial charge in [0.15, 0.2) is 11.8 Å². The number of imidazole rings is 1. The second-order valence-electron chi connectivity index (χ2n) is 3.95. The average Bonchev–Trinajstić information content (AvgIpc) is 2.73. The molecule has 0 unspecified atom stereocenters. The highest BCUT2D eigenvalue weighted by Crippen LogP contribution is 2.06. The SMILES string of the molecule is Nc1ncc2[nH]c[n+](CCC(CO)CO)c2n1. The maximum atomic E-state index is 8.99. The average molecular weight is 238 g/mol. The lowest BCUT2D eigenvalue weighted by molar-refractivity contribution is -0.674. The molecule has 2 aromatic rings. The van der Waals surface area contributed by atoms with Gasteiger partial charge in [-0.25, -0.2) is 9.55 Å². The van der Waals surface area contributed by atoms with Crippen LogP contribution in [0.15, 0.2) is 12.5 Å². The number of fused-ring (bicyclic) bond motifs is 1. The molecule has 7 heteroatoms. The zero-order valence-electron chi connectivity index (χ0n) is 9.37. The van der Waals surface area contributed by atoms with Gasteiger partial charge in [-0.05, 0) is 6.42 Å². The van der Waals surface area contributed by atoms with Crippen molar-refractivity contribution in [3.63, 3.8) is 0 Å². The van der Waals surface area contributed by atoms with E-state index in [2.05, 4.69) is 15.0 Å². The third kappa shape index (κ3) is 2.51. The van der Waals surface area contributed by atoms with Gasteiger partial charge in [0.1, 0.15) is 0 Å². The zero-order chi connectivity index (χ0) is 12.3. The molecule has 92 valence electrons. The van der Waals surface area contributed by atoms with E-state index in [0.29, 0.717) is 13.0 Å². The Hall–Kier alpha value is -1.73. The molecule has 0 aliphatic rings. The van der Waals surface area contributed by atoms with Gasteiger partial charge in [-0.15, -0.1) is 0 Å². The number of anilines is 1. The Labute approximate surface area is 97.9 Å². The van der Waals surface area contributed by atoms with Crippen LogP contribution < -0.4 is 10.3 Å². The molecule has 0 saturated heterocycles. The van der Waals surface area contributed by atoms with Crippen LogP contribution in [-0.4, -0.2) is 38.4 Å². The molecular weight excluding hydrogens is 222 g/mol. The van der Waals surface area contributed by atoms with Gasteiger partial charge in [-0.1, -0.05) is 4.98 Å². The topological polar surface area (TPSA) is 112 Å². The number of hydrogen-bond acceptors (Lipinski definition) is 5. The summed E-state index contributed by atoms with van der Waals surface area (Å²) in [4.78, 5) is 11.1. The second-order valence-corrected chi connectivity index (χ2v) is 3.95. The van der Waals surface area contributed by atoms with E-state index in [1.807, 2.05) is 4.57 Å². The number of nitrogens with two attached hydrogens (primary N) is 1. The first-order valence-electron chi connectivity index (χ1n) is 5.45. The van der Waals surface area contributed by atoms with Crippen LogP contribution in [0.5, 0.6) is 0 Å². The molecule has 0 aliphatic carbocycles. The fourth-order valence-electron chi connectivity index (χ4n) is 1.65. The number of nitrogen functional groups attached to an aromatic ring is 1. The summed E-state index contributed by atoms with van der Waals surface area (Å²) in [5.41, 5.74) is 7.07. The van der Waals surface area contributed by atoms with E-state index in [9.17, 15) is 0 Å². The van der Waals surface area contributed by atoms with E-state index >= 15 is 0 Å². The lowest BCUT2D eigenvalue weighted by Crippen LogP contribution is -2.34. The van der Waals surface area contributed by atoms with Crippen LogP contribution in [0.4, 0.5) is 5.95 Å². The van der Waals surface area contributed by atoms with Gasteiger partial charge in [0.2, 0.25) is 0 Å². The predicted octanol–water partition coefficient (Wildman–Crippen LogP) is -1.18. The first kappa shape index (κ1) is 11.7. The van der Waals surface area contributed by atoms with Crippen molar-refractivity contribution >= 4 is 17.1 Å². The molecule has 17 heavy (non-hydrogen) atoms. The number of aromatic nitrogens is 4. The number of nitrogens with zero attached hydrogens (tertiary/aromatic N) is 3. The lowest BCUT2D eigenvalue weighted by Gasteiger charge is -2.08. The van der Waals surface area contributed by atoms with Gasteiger partial charge in [-0.3, -0.25) is 4.98 Å². The first-order chi connectivity index (χ1) is 8.24.